The number of carbonyl (C=O) groups excluding carboxylic acids is 1. The van der Waals surface area contributed by atoms with Gasteiger partial charge in [0.2, 0.25) is 0 Å². The highest BCUT2D eigenvalue weighted by molar-refractivity contribution is 5.97. The Morgan fingerprint density at radius 3 is 1.29 bits per heavy atom. The number of hydrogen-bond donors (Lipinski definition) is 1. The molecule has 1 N–H and O–H groups in total. The Bertz CT molecular complexity index is 3040. The van der Waals surface area contributed by atoms with Gasteiger partial charge in [-0.3, -0.25) is 0 Å². The van der Waals surface area contributed by atoms with E-state index in [1.807, 2.05) is 43.3 Å². The number of halogens is 3. The molecule has 0 bridgehead atoms. The van der Waals surface area contributed by atoms with Crippen molar-refractivity contribution in [3.8, 4) is 6.07 Å². The van der Waals surface area contributed by atoms with E-state index >= 15 is 0 Å². The third kappa shape index (κ3) is 11.2. The van der Waals surface area contributed by atoms with Gasteiger partial charge in [0.25, 0.3) is 0 Å². The molecule has 3 aromatic carbocycles. The molecule has 0 radical (unpaired) electrons. The summed E-state index contributed by atoms with van der Waals surface area (Å²) in [4.78, 5) is 23.6. The first-order valence-electron chi connectivity index (χ1n) is 28.4. The van der Waals surface area contributed by atoms with E-state index in [0.717, 1.165) is 168 Å². The highest BCUT2D eigenvalue weighted by Crippen LogP contribution is 2.43. The Labute approximate surface area is 444 Å². The molecule has 6 aliphatic rings. The number of hydrogen-bond acceptors (Lipinski definition) is 7. The Morgan fingerprint density at radius 1 is 0.553 bits per heavy atom. The van der Waals surface area contributed by atoms with E-state index in [-0.39, 0.29) is 19.3 Å². The lowest BCUT2D eigenvalue weighted by Gasteiger charge is -2.33. The van der Waals surface area contributed by atoms with Gasteiger partial charge in [-0.05, 0) is 210 Å². The van der Waals surface area contributed by atoms with E-state index in [4.69, 9.17) is 18.9 Å². The molecule has 3 saturated heterocycles. The number of aryl methyl sites for hydroxylation is 3. The predicted molar refractivity (Wildman–Crippen MR) is 289 cm³/mol. The van der Waals surface area contributed by atoms with Gasteiger partial charge in [0.1, 0.15) is 20.0 Å². The first-order valence-corrected chi connectivity index (χ1v) is 28.4. The number of rotatable bonds is 12. The predicted octanol–water partition coefficient (Wildman–Crippen LogP) is 12.2. The number of aromatic nitrogens is 3. The summed E-state index contributed by atoms with van der Waals surface area (Å²) in [5.74, 6) is 2.89. The number of benzene rings is 3. The van der Waals surface area contributed by atoms with Gasteiger partial charge in [-0.25, -0.2) is 22.8 Å². The summed E-state index contributed by atoms with van der Waals surface area (Å²) in [6.45, 7) is 7.40. The lowest BCUT2D eigenvalue weighted by atomic mass is 9.75. The third-order valence-corrected chi connectivity index (χ3v) is 18.1. The SMILES string of the molecule is CCOC(=O)c1ccc2c(c1)c1c(n2CCF)CCC(C2CCOCC2)C1.N#Cc1ccc2c(c1)c1c(n2CCF)CCC(C2CCOCC2)C1.O=C(O)c1ccc2c(c1)c1c(n2CCF)CCC(C2CCOCC2)C1. The van der Waals surface area contributed by atoms with Gasteiger partial charge in [-0.1, -0.05) is 0 Å². The fourth-order valence-electron chi connectivity index (χ4n) is 14.4. The summed E-state index contributed by atoms with van der Waals surface area (Å²) in [6.07, 6.45) is 16.3. The van der Waals surface area contributed by atoms with Crippen molar-refractivity contribution in [2.75, 3.05) is 66.3 Å². The zero-order chi connectivity index (χ0) is 52.7. The largest absolute Gasteiger partial charge is 0.478 e. The van der Waals surface area contributed by atoms with Crippen LogP contribution in [0.5, 0.6) is 0 Å². The molecule has 12 rings (SSSR count). The van der Waals surface area contributed by atoms with Crippen molar-refractivity contribution in [1.29, 1.82) is 5.26 Å². The molecule has 11 nitrogen and oxygen atoms in total. The minimum Gasteiger partial charge on any atom is -0.478 e. The second-order valence-electron chi connectivity index (χ2n) is 22.0. The molecule has 3 atom stereocenters. The van der Waals surface area contributed by atoms with Gasteiger partial charge < -0.3 is 37.8 Å². The monoisotopic (exact) mass is 1040 g/mol. The first kappa shape index (κ1) is 53.8. The number of carboxylic acids is 1. The molecular formula is C62H75F3N4O7. The molecule has 0 spiro atoms. The summed E-state index contributed by atoms with van der Waals surface area (Å²) in [6, 6.07) is 19.0. The third-order valence-electron chi connectivity index (χ3n) is 18.1. The van der Waals surface area contributed by atoms with Crippen LogP contribution in [0.2, 0.25) is 0 Å². The van der Waals surface area contributed by atoms with Gasteiger partial charge in [-0.15, -0.1) is 0 Å². The summed E-state index contributed by atoms with van der Waals surface area (Å²) in [7, 11) is 0. The minimum absolute atomic E-state index is 0.289. The zero-order valence-electron chi connectivity index (χ0n) is 44.3. The quantitative estimate of drug-likeness (QED) is 0.120. The van der Waals surface area contributed by atoms with Gasteiger partial charge in [0.05, 0.1) is 49.0 Å². The van der Waals surface area contributed by atoms with Crippen LogP contribution >= 0.6 is 0 Å². The van der Waals surface area contributed by atoms with E-state index in [2.05, 4.69) is 19.8 Å². The molecule has 3 aliphatic carbocycles. The second-order valence-corrected chi connectivity index (χ2v) is 22.0. The van der Waals surface area contributed by atoms with Gasteiger partial charge in [0.15, 0.2) is 0 Å². The average molecular weight is 1050 g/mol. The van der Waals surface area contributed by atoms with Crippen LogP contribution in [0.1, 0.15) is 125 Å². The van der Waals surface area contributed by atoms with Crippen LogP contribution in [-0.2, 0) is 77.1 Å². The normalized spacial score (nSPS) is 21.2. The fraction of sp³-hybridized carbons (Fsp3) is 0.565. The van der Waals surface area contributed by atoms with Gasteiger partial charge >= 0.3 is 11.9 Å². The lowest BCUT2D eigenvalue weighted by molar-refractivity contribution is 0.0438. The first-order chi connectivity index (χ1) is 37.2. The van der Waals surface area contributed by atoms with Crippen LogP contribution in [0.4, 0.5) is 13.2 Å². The van der Waals surface area contributed by atoms with Crippen LogP contribution < -0.4 is 0 Å². The van der Waals surface area contributed by atoms with Gasteiger partial charge in [0, 0.05) is 89.4 Å². The van der Waals surface area contributed by atoms with Crippen molar-refractivity contribution in [3.05, 3.63) is 105 Å². The van der Waals surface area contributed by atoms with Crippen molar-refractivity contribution in [3.63, 3.8) is 0 Å². The molecule has 0 amide bonds. The molecule has 76 heavy (non-hydrogen) atoms. The number of fused-ring (bicyclic) bond motifs is 9. The highest BCUT2D eigenvalue weighted by Gasteiger charge is 2.35. The fourth-order valence-corrected chi connectivity index (χ4v) is 14.4. The van der Waals surface area contributed by atoms with E-state index in [1.54, 1.807) is 18.2 Å². The number of esters is 1. The molecule has 0 saturated carbocycles. The number of nitrogens with zero attached hydrogens (tertiary/aromatic N) is 4. The maximum absolute atomic E-state index is 13.2. The number of nitriles is 1. The Morgan fingerprint density at radius 2 is 0.921 bits per heavy atom. The molecule has 3 aromatic heterocycles. The van der Waals surface area contributed by atoms with E-state index in [1.165, 1.54) is 40.2 Å². The Hall–Kier alpha value is -5.62. The molecule has 3 fully saturated rings. The van der Waals surface area contributed by atoms with Crippen LogP contribution in [-0.4, -0.2) is 97.0 Å². The molecule has 3 aliphatic heterocycles. The summed E-state index contributed by atoms with van der Waals surface area (Å²) in [5.41, 5.74) is 12.4. The molecule has 6 heterocycles. The van der Waals surface area contributed by atoms with Crippen molar-refractivity contribution in [2.24, 2.45) is 35.5 Å². The molecule has 14 heteroatoms. The topological polar surface area (TPSA) is 130 Å². The highest BCUT2D eigenvalue weighted by atomic mass is 19.1. The number of carbonyl (C=O) groups is 2. The zero-order valence-corrected chi connectivity index (χ0v) is 44.3. The Kier molecular flexibility index (Phi) is 17.5. The maximum atomic E-state index is 13.2. The smallest absolute Gasteiger partial charge is 0.338 e. The van der Waals surface area contributed by atoms with Crippen molar-refractivity contribution in [2.45, 2.75) is 123 Å². The van der Waals surface area contributed by atoms with Crippen molar-refractivity contribution < 1.29 is 46.8 Å². The lowest BCUT2D eigenvalue weighted by Crippen LogP contribution is -2.28. The molecule has 3 unspecified atom stereocenters. The van der Waals surface area contributed by atoms with Crippen LogP contribution in [0.15, 0.2) is 54.6 Å². The van der Waals surface area contributed by atoms with Crippen LogP contribution in [0, 0.1) is 46.8 Å². The standard InChI is InChI=1S/C22H28FNO3.C20H23FN2O.C20H24FNO3/c1-2-27-22(25)17-4-6-21-19(14-17)18-13-16(15-7-11-26-12-8-15)3-5-20(18)24(21)10-9-23;21-7-8-23-19-3-1-14(13-22)11-17(19)18-12-16(2-4-20(18)23)15-5-9-24-10-6-15;21-7-8-22-18-3-1-14(13-5-9-25-10-6-13)11-16(18)17-12-15(20(23)24)2-4-19(17)22/h4,6,14-16H,2-3,5,7-13H2,1H3;1,3,11,15-16H,2,4-10,12H2;2,4,12-14H,1,3,5-11H2,(H,23,24). The number of aromatic carboxylic acids is 1. The number of alkyl halides is 3. The number of ether oxygens (including phenoxy) is 4. The van der Waals surface area contributed by atoms with Gasteiger partial charge in [-0.2, -0.15) is 5.26 Å². The molecule has 6 aromatic rings. The maximum Gasteiger partial charge on any atom is 0.338 e. The van der Waals surface area contributed by atoms with Crippen LogP contribution in [0.25, 0.3) is 32.7 Å². The van der Waals surface area contributed by atoms with Crippen molar-refractivity contribution >= 4 is 44.6 Å². The summed E-state index contributed by atoms with van der Waals surface area (Å²) in [5, 5.41) is 21.8. The number of carboxylic acid groups (broad SMARTS) is 1. The van der Waals surface area contributed by atoms with E-state index in [0.29, 0.717) is 72.5 Å². The second kappa shape index (κ2) is 24.8. The Balaban J connectivity index is 0.000000130. The molecular weight excluding hydrogens is 970 g/mol. The van der Waals surface area contributed by atoms with E-state index < -0.39 is 12.6 Å². The van der Waals surface area contributed by atoms with Crippen LogP contribution in [0.3, 0.4) is 0 Å². The molecule has 406 valence electrons. The summed E-state index contributed by atoms with van der Waals surface area (Å²) < 4.78 is 67.5. The average Bonchev–Trinajstić information content (AvgIpc) is 4.09. The minimum atomic E-state index is -0.911. The van der Waals surface area contributed by atoms with E-state index in [9.17, 15) is 33.1 Å². The summed E-state index contributed by atoms with van der Waals surface area (Å²) >= 11 is 0. The van der Waals surface area contributed by atoms with Crippen molar-refractivity contribution in [1.82, 2.24) is 13.7 Å².